The van der Waals surface area contributed by atoms with Crippen LogP contribution < -0.4 is 4.74 Å². The summed E-state index contributed by atoms with van der Waals surface area (Å²) >= 11 is 0. The molecule has 0 saturated carbocycles. The second-order valence-corrected chi connectivity index (χ2v) is 4.11. The van der Waals surface area contributed by atoms with Gasteiger partial charge in [-0.1, -0.05) is 13.8 Å². The van der Waals surface area contributed by atoms with E-state index in [0.29, 0.717) is 30.4 Å². The molecule has 4 nitrogen and oxygen atoms in total. The van der Waals surface area contributed by atoms with E-state index in [9.17, 15) is 9.90 Å². The van der Waals surface area contributed by atoms with Gasteiger partial charge in [-0.3, -0.25) is 0 Å². The predicted octanol–water partition coefficient (Wildman–Crippen LogP) is 2.60. The van der Waals surface area contributed by atoms with Gasteiger partial charge in [-0.15, -0.1) is 0 Å². The van der Waals surface area contributed by atoms with Crippen LogP contribution in [0.1, 0.15) is 31.1 Å². The third kappa shape index (κ3) is 3.98. The van der Waals surface area contributed by atoms with Crippen LogP contribution in [-0.4, -0.2) is 24.3 Å². The highest BCUT2D eigenvalue weighted by Crippen LogP contribution is 2.27. The number of rotatable bonds is 5. The van der Waals surface area contributed by atoms with E-state index in [0.717, 1.165) is 0 Å². The van der Waals surface area contributed by atoms with Crippen LogP contribution in [0, 0.1) is 5.92 Å². The first kappa shape index (κ1) is 13.4. The Labute approximate surface area is 101 Å². The zero-order valence-electron chi connectivity index (χ0n) is 10.4. The van der Waals surface area contributed by atoms with Crippen LogP contribution >= 0.6 is 0 Å². The molecule has 0 fully saturated rings. The van der Waals surface area contributed by atoms with Crippen LogP contribution in [0.15, 0.2) is 18.2 Å². The van der Waals surface area contributed by atoms with Crippen LogP contribution in [-0.2, 0) is 4.74 Å². The van der Waals surface area contributed by atoms with Crippen LogP contribution in [0.3, 0.4) is 0 Å². The van der Waals surface area contributed by atoms with Crippen molar-refractivity contribution in [2.24, 2.45) is 5.92 Å². The van der Waals surface area contributed by atoms with E-state index in [1.165, 1.54) is 18.2 Å². The van der Waals surface area contributed by atoms with Gasteiger partial charge in [-0.2, -0.15) is 0 Å². The summed E-state index contributed by atoms with van der Waals surface area (Å²) < 4.78 is 10.3. The normalized spacial score (nSPS) is 10.4. The molecule has 0 aliphatic heterocycles. The number of ether oxygens (including phenoxy) is 2. The fourth-order valence-electron chi connectivity index (χ4n) is 1.23. The SMILES string of the molecule is CCOC(=O)c1ccc(O)c(OCC(C)C)c1. The second-order valence-electron chi connectivity index (χ2n) is 4.11. The fraction of sp³-hybridized carbons (Fsp3) is 0.462. The number of esters is 1. The number of phenols is 1. The van der Waals surface area contributed by atoms with Crippen molar-refractivity contribution in [3.63, 3.8) is 0 Å². The molecule has 0 atom stereocenters. The number of benzene rings is 1. The largest absolute Gasteiger partial charge is 0.504 e. The first-order chi connectivity index (χ1) is 8.04. The van der Waals surface area contributed by atoms with Crippen LogP contribution in [0.2, 0.25) is 0 Å². The lowest BCUT2D eigenvalue weighted by Crippen LogP contribution is -2.07. The monoisotopic (exact) mass is 238 g/mol. The summed E-state index contributed by atoms with van der Waals surface area (Å²) in [7, 11) is 0. The second kappa shape index (κ2) is 6.13. The van der Waals surface area contributed by atoms with Crippen molar-refractivity contribution in [3.8, 4) is 11.5 Å². The fourth-order valence-corrected chi connectivity index (χ4v) is 1.23. The molecule has 1 N–H and O–H groups in total. The van der Waals surface area contributed by atoms with Gasteiger partial charge in [0.1, 0.15) is 0 Å². The zero-order chi connectivity index (χ0) is 12.8. The van der Waals surface area contributed by atoms with Gasteiger partial charge in [0, 0.05) is 0 Å². The minimum Gasteiger partial charge on any atom is -0.504 e. The number of hydrogen-bond acceptors (Lipinski definition) is 4. The first-order valence-corrected chi connectivity index (χ1v) is 5.67. The molecule has 17 heavy (non-hydrogen) atoms. The Bertz CT molecular complexity index is 385. The van der Waals surface area contributed by atoms with Gasteiger partial charge in [0.2, 0.25) is 0 Å². The smallest absolute Gasteiger partial charge is 0.338 e. The summed E-state index contributed by atoms with van der Waals surface area (Å²) in [5, 5.41) is 9.58. The van der Waals surface area contributed by atoms with Gasteiger partial charge in [-0.05, 0) is 31.0 Å². The Kier molecular flexibility index (Phi) is 4.82. The molecule has 0 bridgehead atoms. The van der Waals surface area contributed by atoms with E-state index in [2.05, 4.69) is 0 Å². The number of carbonyl (C=O) groups excluding carboxylic acids is 1. The molecule has 94 valence electrons. The third-order valence-corrected chi connectivity index (χ3v) is 2.04. The van der Waals surface area contributed by atoms with E-state index in [4.69, 9.17) is 9.47 Å². The maximum atomic E-state index is 11.5. The van der Waals surface area contributed by atoms with Crippen LogP contribution in [0.4, 0.5) is 0 Å². The minimum atomic E-state index is -0.415. The van der Waals surface area contributed by atoms with Gasteiger partial charge in [0.25, 0.3) is 0 Å². The topological polar surface area (TPSA) is 55.8 Å². The third-order valence-electron chi connectivity index (χ3n) is 2.04. The minimum absolute atomic E-state index is 0.0266. The summed E-state index contributed by atoms with van der Waals surface area (Å²) in [6.45, 7) is 6.56. The molecule has 0 radical (unpaired) electrons. The van der Waals surface area contributed by atoms with Crippen LogP contribution in [0.25, 0.3) is 0 Å². The number of aromatic hydroxyl groups is 1. The average molecular weight is 238 g/mol. The van der Waals surface area contributed by atoms with Crippen molar-refractivity contribution >= 4 is 5.97 Å². The van der Waals surface area contributed by atoms with Crippen LogP contribution in [0.5, 0.6) is 11.5 Å². The van der Waals surface area contributed by atoms with E-state index < -0.39 is 5.97 Å². The van der Waals surface area contributed by atoms with Gasteiger partial charge in [-0.25, -0.2) is 4.79 Å². The van der Waals surface area contributed by atoms with Crippen molar-refractivity contribution in [1.29, 1.82) is 0 Å². The maximum absolute atomic E-state index is 11.5. The summed E-state index contributed by atoms with van der Waals surface area (Å²) in [6.07, 6.45) is 0. The summed E-state index contributed by atoms with van der Waals surface area (Å²) in [5.41, 5.74) is 0.378. The van der Waals surface area contributed by atoms with E-state index in [-0.39, 0.29) is 5.75 Å². The number of hydrogen-bond donors (Lipinski definition) is 1. The van der Waals surface area contributed by atoms with Gasteiger partial charge in [0.05, 0.1) is 18.8 Å². The molecular weight excluding hydrogens is 220 g/mol. The Morgan fingerprint density at radius 3 is 2.71 bits per heavy atom. The highest BCUT2D eigenvalue weighted by atomic mass is 16.5. The van der Waals surface area contributed by atoms with Crippen molar-refractivity contribution in [1.82, 2.24) is 0 Å². The molecule has 0 heterocycles. The molecule has 0 unspecified atom stereocenters. The summed E-state index contributed by atoms with van der Waals surface area (Å²) in [6, 6.07) is 4.44. The Hall–Kier alpha value is -1.71. The maximum Gasteiger partial charge on any atom is 0.338 e. The Morgan fingerprint density at radius 2 is 2.12 bits per heavy atom. The average Bonchev–Trinajstić information content (AvgIpc) is 2.28. The molecule has 0 spiro atoms. The van der Waals surface area contributed by atoms with E-state index >= 15 is 0 Å². The van der Waals surface area contributed by atoms with Gasteiger partial charge < -0.3 is 14.6 Å². The van der Waals surface area contributed by atoms with E-state index in [1.54, 1.807) is 6.92 Å². The van der Waals surface area contributed by atoms with Gasteiger partial charge in [0.15, 0.2) is 11.5 Å². The molecule has 0 saturated heterocycles. The number of carbonyl (C=O) groups is 1. The lowest BCUT2D eigenvalue weighted by Gasteiger charge is -2.11. The van der Waals surface area contributed by atoms with Gasteiger partial charge >= 0.3 is 5.97 Å². The van der Waals surface area contributed by atoms with Crippen molar-refractivity contribution < 1.29 is 19.4 Å². The highest BCUT2D eigenvalue weighted by Gasteiger charge is 2.11. The Balaban J connectivity index is 2.82. The van der Waals surface area contributed by atoms with Crippen molar-refractivity contribution in [2.45, 2.75) is 20.8 Å². The molecule has 0 aromatic heterocycles. The molecule has 0 aliphatic carbocycles. The lowest BCUT2D eigenvalue weighted by molar-refractivity contribution is 0.0526. The van der Waals surface area contributed by atoms with E-state index in [1.807, 2.05) is 13.8 Å². The summed E-state index contributed by atoms with van der Waals surface area (Å²) in [5.74, 6) is 0.269. The summed E-state index contributed by atoms with van der Waals surface area (Å²) in [4.78, 5) is 11.5. The first-order valence-electron chi connectivity index (χ1n) is 5.67. The molecule has 1 aromatic rings. The molecule has 0 aliphatic rings. The molecular formula is C13H18O4. The van der Waals surface area contributed by atoms with Crippen molar-refractivity contribution in [2.75, 3.05) is 13.2 Å². The highest BCUT2D eigenvalue weighted by molar-refractivity contribution is 5.90. The number of phenolic OH excluding ortho intramolecular Hbond substituents is 1. The van der Waals surface area contributed by atoms with Crippen molar-refractivity contribution in [3.05, 3.63) is 23.8 Å². The lowest BCUT2D eigenvalue weighted by atomic mass is 10.2. The standard InChI is InChI=1S/C13H18O4/c1-4-16-13(15)10-5-6-11(14)12(7-10)17-8-9(2)3/h5-7,9,14H,4,8H2,1-3H3. The molecule has 4 heteroatoms. The zero-order valence-corrected chi connectivity index (χ0v) is 10.4. The molecule has 1 rings (SSSR count). The molecule has 1 aromatic carbocycles. The predicted molar refractivity (Wildman–Crippen MR) is 64.4 cm³/mol. The Morgan fingerprint density at radius 1 is 1.41 bits per heavy atom. The molecule has 0 amide bonds. The quantitative estimate of drug-likeness (QED) is 0.801.